The summed E-state index contributed by atoms with van der Waals surface area (Å²) in [7, 11) is 1.44. The normalized spacial score (nSPS) is 12.9. The molecule has 6 nitrogen and oxygen atoms in total. The number of hydrogen-bond acceptors (Lipinski definition) is 4. The predicted octanol–water partition coefficient (Wildman–Crippen LogP) is 2.71. The monoisotopic (exact) mass is 338 g/mol. The number of carbonyl (C=O) groups excluding carboxylic acids is 3. The van der Waals surface area contributed by atoms with Crippen LogP contribution >= 0.6 is 0 Å². The Kier molecular flexibility index (Phi) is 4.79. The maximum Gasteiger partial charge on any atom is 0.261 e. The van der Waals surface area contributed by atoms with Gasteiger partial charge in [-0.15, -0.1) is 0 Å². The summed E-state index contributed by atoms with van der Waals surface area (Å²) >= 11 is 0. The lowest BCUT2D eigenvalue weighted by Gasteiger charge is -2.07. The molecule has 3 amide bonds. The van der Waals surface area contributed by atoms with E-state index in [4.69, 9.17) is 4.74 Å². The zero-order valence-electron chi connectivity index (χ0n) is 13.8. The van der Waals surface area contributed by atoms with Crippen LogP contribution in [0.1, 0.15) is 33.6 Å². The van der Waals surface area contributed by atoms with Gasteiger partial charge in [-0.05, 0) is 36.8 Å². The van der Waals surface area contributed by atoms with Gasteiger partial charge in [-0.3, -0.25) is 19.3 Å². The summed E-state index contributed by atoms with van der Waals surface area (Å²) in [6.45, 7) is 0.444. The lowest BCUT2D eigenvalue weighted by Crippen LogP contribution is -2.24. The molecule has 1 aliphatic rings. The fourth-order valence-corrected chi connectivity index (χ4v) is 2.60. The van der Waals surface area contributed by atoms with Crippen LogP contribution in [0.15, 0.2) is 48.5 Å². The Morgan fingerprint density at radius 1 is 1.04 bits per heavy atom. The number of ether oxygens (including phenoxy) is 1. The number of imide groups is 1. The van der Waals surface area contributed by atoms with Gasteiger partial charge in [0.2, 0.25) is 5.91 Å². The van der Waals surface area contributed by atoms with Crippen molar-refractivity contribution < 1.29 is 19.1 Å². The van der Waals surface area contributed by atoms with Gasteiger partial charge < -0.3 is 10.1 Å². The molecule has 1 heterocycles. The van der Waals surface area contributed by atoms with Crippen LogP contribution in [-0.2, 0) is 4.79 Å². The molecule has 0 radical (unpaired) electrons. The highest BCUT2D eigenvalue weighted by molar-refractivity contribution is 6.21. The van der Waals surface area contributed by atoms with Crippen LogP contribution in [0.2, 0.25) is 0 Å². The van der Waals surface area contributed by atoms with Gasteiger partial charge in [0.1, 0.15) is 5.75 Å². The first-order valence-electron chi connectivity index (χ1n) is 8.00. The predicted molar refractivity (Wildman–Crippen MR) is 92.7 cm³/mol. The number of anilines is 1. The molecule has 1 N–H and O–H groups in total. The quantitative estimate of drug-likeness (QED) is 0.649. The first-order valence-corrected chi connectivity index (χ1v) is 8.00. The van der Waals surface area contributed by atoms with E-state index in [0.29, 0.717) is 36.3 Å². The van der Waals surface area contributed by atoms with Crippen LogP contribution in [-0.4, -0.2) is 36.3 Å². The van der Waals surface area contributed by atoms with Crippen LogP contribution in [0.4, 0.5) is 5.69 Å². The van der Waals surface area contributed by atoms with Crippen molar-refractivity contribution in [3.8, 4) is 5.75 Å². The number of carbonyl (C=O) groups is 3. The molecule has 0 bridgehead atoms. The number of fused-ring (bicyclic) bond motifs is 1. The zero-order chi connectivity index (χ0) is 17.8. The van der Waals surface area contributed by atoms with E-state index in [9.17, 15) is 14.4 Å². The topological polar surface area (TPSA) is 75.7 Å². The Hall–Kier alpha value is -3.15. The second-order valence-electron chi connectivity index (χ2n) is 5.74. The standard InChI is InChI=1S/C19H18N2O4/c1-21-18(23)15-10-9-13(12-16(15)19(21)24)20-17(22)8-5-11-25-14-6-3-2-4-7-14/h2-4,6-7,9-10,12H,5,8,11H2,1H3,(H,20,22). The van der Waals surface area contributed by atoms with Gasteiger partial charge in [0.25, 0.3) is 11.8 Å². The Labute approximate surface area is 145 Å². The number of para-hydroxylation sites is 1. The van der Waals surface area contributed by atoms with Gasteiger partial charge in [-0.2, -0.15) is 0 Å². The van der Waals surface area contributed by atoms with E-state index in [1.807, 2.05) is 30.3 Å². The molecule has 3 rings (SSSR count). The van der Waals surface area contributed by atoms with Gasteiger partial charge in [-0.25, -0.2) is 0 Å². The van der Waals surface area contributed by atoms with Crippen LogP contribution < -0.4 is 10.1 Å². The molecule has 0 atom stereocenters. The third-order valence-electron chi connectivity index (χ3n) is 3.93. The van der Waals surface area contributed by atoms with Crippen molar-refractivity contribution in [2.45, 2.75) is 12.8 Å². The fourth-order valence-electron chi connectivity index (χ4n) is 2.60. The molecule has 1 aliphatic heterocycles. The molecular formula is C19H18N2O4. The minimum Gasteiger partial charge on any atom is -0.494 e. The van der Waals surface area contributed by atoms with E-state index in [-0.39, 0.29) is 17.7 Å². The maximum absolute atomic E-state index is 12.0. The molecule has 25 heavy (non-hydrogen) atoms. The number of benzene rings is 2. The van der Waals surface area contributed by atoms with Crippen molar-refractivity contribution >= 4 is 23.4 Å². The average molecular weight is 338 g/mol. The Morgan fingerprint density at radius 2 is 1.76 bits per heavy atom. The van der Waals surface area contributed by atoms with Crippen LogP contribution in [0.3, 0.4) is 0 Å². The molecule has 0 unspecified atom stereocenters. The van der Waals surface area contributed by atoms with Crippen LogP contribution in [0.25, 0.3) is 0 Å². The van der Waals surface area contributed by atoms with E-state index in [2.05, 4.69) is 5.32 Å². The van der Waals surface area contributed by atoms with E-state index in [1.54, 1.807) is 12.1 Å². The largest absolute Gasteiger partial charge is 0.494 e. The minimum absolute atomic E-state index is 0.165. The van der Waals surface area contributed by atoms with Gasteiger partial charge in [0.05, 0.1) is 17.7 Å². The summed E-state index contributed by atoms with van der Waals surface area (Å²) < 4.78 is 5.54. The van der Waals surface area contributed by atoms with Crippen molar-refractivity contribution in [2.75, 3.05) is 19.0 Å². The van der Waals surface area contributed by atoms with Crippen molar-refractivity contribution in [3.63, 3.8) is 0 Å². The molecule has 0 aliphatic carbocycles. The zero-order valence-corrected chi connectivity index (χ0v) is 13.8. The summed E-state index contributed by atoms with van der Waals surface area (Å²) in [6.07, 6.45) is 0.878. The average Bonchev–Trinajstić information content (AvgIpc) is 2.84. The summed E-state index contributed by atoms with van der Waals surface area (Å²) in [5.74, 6) is -0.0705. The second kappa shape index (κ2) is 7.17. The summed E-state index contributed by atoms with van der Waals surface area (Å²) in [5, 5.41) is 2.74. The second-order valence-corrected chi connectivity index (χ2v) is 5.74. The summed E-state index contributed by atoms with van der Waals surface area (Å²) in [4.78, 5) is 36.9. The van der Waals surface area contributed by atoms with E-state index in [1.165, 1.54) is 13.1 Å². The third kappa shape index (κ3) is 3.68. The molecule has 2 aromatic carbocycles. The Balaban J connectivity index is 1.50. The molecule has 2 aromatic rings. The highest BCUT2D eigenvalue weighted by Crippen LogP contribution is 2.24. The first kappa shape index (κ1) is 16.7. The van der Waals surface area contributed by atoms with E-state index in [0.717, 1.165) is 10.6 Å². The number of rotatable bonds is 6. The number of nitrogens with one attached hydrogen (secondary N) is 1. The third-order valence-corrected chi connectivity index (χ3v) is 3.93. The van der Waals surface area contributed by atoms with Crippen molar-refractivity contribution in [2.24, 2.45) is 0 Å². The van der Waals surface area contributed by atoms with Gasteiger partial charge in [-0.1, -0.05) is 18.2 Å². The van der Waals surface area contributed by atoms with Gasteiger partial charge >= 0.3 is 0 Å². The lowest BCUT2D eigenvalue weighted by atomic mass is 10.1. The number of nitrogens with zero attached hydrogens (tertiary/aromatic N) is 1. The van der Waals surface area contributed by atoms with Crippen molar-refractivity contribution in [3.05, 3.63) is 59.7 Å². The molecule has 0 saturated heterocycles. The van der Waals surface area contributed by atoms with Gasteiger partial charge in [0.15, 0.2) is 0 Å². The van der Waals surface area contributed by atoms with E-state index >= 15 is 0 Å². The van der Waals surface area contributed by atoms with Crippen molar-refractivity contribution in [1.82, 2.24) is 4.90 Å². The molecule has 0 spiro atoms. The van der Waals surface area contributed by atoms with Crippen LogP contribution in [0, 0.1) is 0 Å². The fraction of sp³-hybridized carbons (Fsp3) is 0.211. The minimum atomic E-state index is -0.354. The molecule has 0 aromatic heterocycles. The van der Waals surface area contributed by atoms with E-state index < -0.39 is 0 Å². The molecule has 0 fully saturated rings. The van der Waals surface area contributed by atoms with Gasteiger partial charge in [0, 0.05) is 19.2 Å². The Morgan fingerprint density at radius 3 is 2.52 bits per heavy atom. The first-order chi connectivity index (χ1) is 12.1. The molecule has 128 valence electrons. The smallest absolute Gasteiger partial charge is 0.261 e. The van der Waals surface area contributed by atoms with Crippen LogP contribution in [0.5, 0.6) is 5.75 Å². The highest BCUT2D eigenvalue weighted by Gasteiger charge is 2.32. The lowest BCUT2D eigenvalue weighted by molar-refractivity contribution is -0.116. The number of hydrogen-bond donors (Lipinski definition) is 1. The summed E-state index contributed by atoms with van der Waals surface area (Å²) in [6, 6.07) is 14.1. The molecular weight excluding hydrogens is 320 g/mol. The number of amides is 3. The SMILES string of the molecule is CN1C(=O)c2ccc(NC(=O)CCCOc3ccccc3)cc2C1=O. The Bertz CT molecular complexity index is 817. The summed E-state index contributed by atoms with van der Waals surface area (Å²) in [5.41, 5.74) is 1.18. The highest BCUT2D eigenvalue weighted by atomic mass is 16.5. The molecule has 6 heteroatoms. The van der Waals surface area contributed by atoms with Crippen molar-refractivity contribution in [1.29, 1.82) is 0 Å². The maximum atomic E-state index is 12.0. The molecule has 0 saturated carbocycles.